The Labute approximate surface area is 177 Å². The fraction of sp³-hybridized carbons (Fsp3) is 0.667. The Kier molecular flexibility index (Phi) is 5.73. The number of carbonyl (C=O) groups excluding carboxylic acids is 1. The fourth-order valence-electron chi connectivity index (χ4n) is 3.97. The number of aromatic amines is 1. The molecule has 4 heterocycles. The van der Waals surface area contributed by atoms with Crippen molar-refractivity contribution in [3.8, 4) is 0 Å². The number of hydrogen-bond acceptors (Lipinski definition) is 7. The van der Waals surface area contributed by atoms with E-state index in [2.05, 4.69) is 26.2 Å². The van der Waals surface area contributed by atoms with Crippen LogP contribution >= 0.6 is 0 Å². The number of carbonyl (C=O) groups is 1. The summed E-state index contributed by atoms with van der Waals surface area (Å²) in [6, 6.07) is 2.22. The Hall–Kier alpha value is -2.55. The number of nitrogens with one attached hydrogen (secondary N) is 2. The highest BCUT2D eigenvalue weighted by Gasteiger charge is 2.26. The molecule has 0 atom stereocenters. The van der Waals surface area contributed by atoms with E-state index in [1.165, 1.54) is 0 Å². The zero-order valence-corrected chi connectivity index (χ0v) is 18.3. The van der Waals surface area contributed by atoms with Crippen molar-refractivity contribution in [3.63, 3.8) is 0 Å². The number of rotatable bonds is 3. The molecule has 2 fully saturated rings. The van der Waals surface area contributed by atoms with Gasteiger partial charge >= 0.3 is 6.09 Å². The standard InChI is InChI=1S/C21H32N6O3/c1-14-13-16-17(22-14)24-19(27-9-11-29-12-10-27)25-18(16)26-7-5-15(6-8-26)23-20(28)30-21(2,3)4/h13,15H,5-12H2,1-4H3,(H,23,28)(H,22,24,25). The summed E-state index contributed by atoms with van der Waals surface area (Å²) in [6.07, 6.45) is 1.35. The first kappa shape index (κ1) is 20.7. The number of nitrogens with zero attached hydrogens (tertiary/aromatic N) is 4. The Balaban J connectivity index is 1.48. The maximum atomic E-state index is 12.1. The van der Waals surface area contributed by atoms with Crippen LogP contribution in [0.15, 0.2) is 6.07 Å². The lowest BCUT2D eigenvalue weighted by Crippen LogP contribution is -2.46. The lowest BCUT2D eigenvalue weighted by Gasteiger charge is -2.34. The molecule has 0 aliphatic carbocycles. The number of aromatic nitrogens is 3. The van der Waals surface area contributed by atoms with Crippen LogP contribution in [0.4, 0.5) is 16.6 Å². The predicted octanol–water partition coefficient (Wildman–Crippen LogP) is 2.60. The maximum absolute atomic E-state index is 12.1. The summed E-state index contributed by atoms with van der Waals surface area (Å²) in [4.78, 5) is 29.6. The Morgan fingerprint density at radius 2 is 1.87 bits per heavy atom. The third kappa shape index (κ3) is 4.77. The number of anilines is 2. The Morgan fingerprint density at radius 3 is 2.53 bits per heavy atom. The van der Waals surface area contributed by atoms with Crippen LogP contribution in [0, 0.1) is 6.92 Å². The van der Waals surface area contributed by atoms with E-state index in [1.54, 1.807) is 0 Å². The predicted molar refractivity (Wildman–Crippen MR) is 116 cm³/mol. The van der Waals surface area contributed by atoms with E-state index >= 15 is 0 Å². The molecule has 9 heteroatoms. The van der Waals surface area contributed by atoms with Gasteiger partial charge in [-0.15, -0.1) is 0 Å². The number of piperidine rings is 1. The number of fused-ring (bicyclic) bond motifs is 1. The average Bonchev–Trinajstić information content (AvgIpc) is 3.07. The summed E-state index contributed by atoms with van der Waals surface area (Å²) in [7, 11) is 0. The first-order valence-electron chi connectivity index (χ1n) is 10.7. The quantitative estimate of drug-likeness (QED) is 0.794. The molecule has 0 saturated carbocycles. The molecular formula is C21H32N6O3. The van der Waals surface area contributed by atoms with E-state index < -0.39 is 5.60 Å². The SMILES string of the molecule is Cc1cc2c(N3CCC(NC(=O)OC(C)(C)C)CC3)nc(N3CCOCC3)nc2[nH]1. The topological polar surface area (TPSA) is 95.6 Å². The smallest absolute Gasteiger partial charge is 0.407 e. The van der Waals surface area contributed by atoms with Gasteiger partial charge in [-0.1, -0.05) is 0 Å². The van der Waals surface area contributed by atoms with Gasteiger partial charge in [0.2, 0.25) is 5.95 Å². The first-order valence-corrected chi connectivity index (χ1v) is 10.7. The zero-order valence-electron chi connectivity index (χ0n) is 18.3. The molecule has 2 N–H and O–H groups in total. The molecule has 164 valence electrons. The van der Waals surface area contributed by atoms with Gasteiger partial charge in [0.1, 0.15) is 17.1 Å². The summed E-state index contributed by atoms with van der Waals surface area (Å²) in [5.41, 5.74) is 1.45. The summed E-state index contributed by atoms with van der Waals surface area (Å²) in [6.45, 7) is 12.3. The number of H-pyrrole nitrogens is 1. The molecule has 4 rings (SSSR count). The number of hydrogen-bond donors (Lipinski definition) is 2. The minimum atomic E-state index is -0.487. The molecule has 30 heavy (non-hydrogen) atoms. The van der Waals surface area contributed by atoms with Crippen LogP contribution in [0.3, 0.4) is 0 Å². The second kappa shape index (κ2) is 8.29. The van der Waals surface area contributed by atoms with E-state index in [0.717, 1.165) is 67.5 Å². The van der Waals surface area contributed by atoms with Crippen molar-refractivity contribution in [1.29, 1.82) is 0 Å². The summed E-state index contributed by atoms with van der Waals surface area (Å²) in [5.74, 6) is 1.71. The highest BCUT2D eigenvalue weighted by molar-refractivity contribution is 5.89. The molecule has 0 aromatic carbocycles. The number of amides is 1. The van der Waals surface area contributed by atoms with Gasteiger partial charge in [0.05, 0.1) is 18.6 Å². The van der Waals surface area contributed by atoms with Gasteiger partial charge in [-0.05, 0) is 46.6 Å². The molecule has 2 aliphatic heterocycles. The molecule has 2 aromatic rings. The van der Waals surface area contributed by atoms with Crippen molar-refractivity contribution in [2.24, 2.45) is 0 Å². The van der Waals surface area contributed by atoms with Crippen molar-refractivity contribution < 1.29 is 14.3 Å². The molecule has 0 spiro atoms. The largest absolute Gasteiger partial charge is 0.444 e. The van der Waals surface area contributed by atoms with Crippen LogP contribution < -0.4 is 15.1 Å². The van der Waals surface area contributed by atoms with Gasteiger partial charge in [-0.3, -0.25) is 0 Å². The van der Waals surface area contributed by atoms with Gasteiger partial charge in [0.15, 0.2) is 0 Å². The van der Waals surface area contributed by atoms with Crippen LogP contribution in [0.1, 0.15) is 39.3 Å². The molecule has 2 aromatic heterocycles. The molecule has 0 unspecified atom stereocenters. The minimum Gasteiger partial charge on any atom is -0.444 e. The highest BCUT2D eigenvalue weighted by atomic mass is 16.6. The lowest BCUT2D eigenvalue weighted by molar-refractivity contribution is 0.0497. The molecule has 2 aliphatic rings. The van der Waals surface area contributed by atoms with E-state index in [4.69, 9.17) is 19.4 Å². The van der Waals surface area contributed by atoms with E-state index in [-0.39, 0.29) is 12.1 Å². The van der Waals surface area contributed by atoms with E-state index in [0.29, 0.717) is 13.2 Å². The maximum Gasteiger partial charge on any atom is 0.407 e. The first-order chi connectivity index (χ1) is 14.3. The molecule has 2 saturated heterocycles. The van der Waals surface area contributed by atoms with Crippen molar-refractivity contribution in [3.05, 3.63) is 11.8 Å². The molecule has 9 nitrogen and oxygen atoms in total. The van der Waals surface area contributed by atoms with Gasteiger partial charge in [0.25, 0.3) is 0 Å². The van der Waals surface area contributed by atoms with Crippen molar-refractivity contribution in [2.45, 2.75) is 52.2 Å². The number of aryl methyl sites for hydroxylation is 1. The van der Waals surface area contributed by atoms with Crippen molar-refractivity contribution >= 4 is 28.9 Å². The number of morpholine rings is 1. The van der Waals surface area contributed by atoms with E-state index in [9.17, 15) is 4.79 Å². The van der Waals surface area contributed by atoms with Gasteiger partial charge in [-0.2, -0.15) is 9.97 Å². The molecule has 0 radical (unpaired) electrons. The van der Waals surface area contributed by atoms with Crippen LogP contribution in [0.25, 0.3) is 11.0 Å². The molecular weight excluding hydrogens is 384 g/mol. The third-order valence-corrected chi connectivity index (χ3v) is 5.40. The van der Waals surface area contributed by atoms with E-state index in [1.807, 2.05) is 27.7 Å². The van der Waals surface area contributed by atoms with Crippen LogP contribution in [-0.2, 0) is 9.47 Å². The van der Waals surface area contributed by atoms with Gasteiger partial charge < -0.3 is 29.6 Å². The van der Waals surface area contributed by atoms with Crippen LogP contribution in [0.2, 0.25) is 0 Å². The Morgan fingerprint density at radius 1 is 1.17 bits per heavy atom. The second-order valence-electron chi connectivity index (χ2n) is 9.07. The molecule has 1 amide bonds. The number of ether oxygens (including phenoxy) is 2. The minimum absolute atomic E-state index is 0.111. The molecule has 0 bridgehead atoms. The van der Waals surface area contributed by atoms with Crippen molar-refractivity contribution in [2.75, 3.05) is 49.2 Å². The Bertz CT molecular complexity index is 892. The number of alkyl carbamates (subject to hydrolysis) is 1. The van der Waals surface area contributed by atoms with Gasteiger partial charge in [0, 0.05) is 37.9 Å². The monoisotopic (exact) mass is 416 g/mol. The highest BCUT2D eigenvalue weighted by Crippen LogP contribution is 2.29. The lowest BCUT2D eigenvalue weighted by atomic mass is 10.0. The second-order valence-corrected chi connectivity index (χ2v) is 9.07. The normalized spacial score (nSPS) is 18.7. The summed E-state index contributed by atoms with van der Waals surface area (Å²) >= 11 is 0. The third-order valence-electron chi connectivity index (χ3n) is 5.40. The summed E-state index contributed by atoms with van der Waals surface area (Å²) in [5, 5.41) is 4.05. The van der Waals surface area contributed by atoms with Crippen LogP contribution in [-0.4, -0.2) is 72.1 Å². The summed E-state index contributed by atoms with van der Waals surface area (Å²) < 4.78 is 10.9. The zero-order chi connectivity index (χ0) is 21.3. The average molecular weight is 417 g/mol. The van der Waals surface area contributed by atoms with Gasteiger partial charge in [-0.25, -0.2) is 4.79 Å². The van der Waals surface area contributed by atoms with Crippen LogP contribution in [0.5, 0.6) is 0 Å². The fourth-order valence-corrected chi connectivity index (χ4v) is 3.97. The van der Waals surface area contributed by atoms with Crippen molar-refractivity contribution in [1.82, 2.24) is 20.3 Å².